The molecule has 34 heavy (non-hydrogen) atoms. The minimum absolute atomic E-state index is 0.210. The fraction of sp³-hybridized carbons (Fsp3) is 0.481. The second-order valence-corrected chi connectivity index (χ2v) is 9.86. The van der Waals surface area contributed by atoms with Crippen LogP contribution >= 0.6 is 0 Å². The van der Waals surface area contributed by atoms with Crippen LogP contribution in [0, 0.1) is 6.92 Å². The number of para-hydroxylation sites is 1. The van der Waals surface area contributed by atoms with Crippen molar-refractivity contribution in [3.63, 3.8) is 0 Å². The molecule has 0 aliphatic carbocycles. The summed E-state index contributed by atoms with van der Waals surface area (Å²) in [5, 5.41) is 3.02. The molecule has 0 saturated carbocycles. The fourth-order valence-electron chi connectivity index (χ4n) is 4.66. The van der Waals surface area contributed by atoms with Crippen LogP contribution in [0.3, 0.4) is 0 Å². The summed E-state index contributed by atoms with van der Waals surface area (Å²) in [6.07, 6.45) is 2.80. The number of pyridine rings is 1. The summed E-state index contributed by atoms with van der Waals surface area (Å²) < 4.78 is 0. The van der Waals surface area contributed by atoms with Gasteiger partial charge in [-0.1, -0.05) is 59.2 Å². The van der Waals surface area contributed by atoms with Crippen molar-refractivity contribution < 1.29 is 14.4 Å². The van der Waals surface area contributed by atoms with E-state index in [1.165, 1.54) is 4.90 Å². The van der Waals surface area contributed by atoms with Crippen molar-refractivity contribution in [3.8, 4) is 0 Å². The largest absolute Gasteiger partial charge is 0.332 e. The van der Waals surface area contributed by atoms with Crippen molar-refractivity contribution in [2.75, 3.05) is 16.8 Å². The lowest BCUT2D eigenvalue weighted by Gasteiger charge is -2.31. The highest BCUT2D eigenvalue weighted by atomic mass is 16.2. The van der Waals surface area contributed by atoms with E-state index in [-0.39, 0.29) is 30.2 Å². The number of urea groups is 1. The quantitative estimate of drug-likeness (QED) is 0.515. The number of aryl methyl sites for hydroxylation is 1. The third-order valence-corrected chi connectivity index (χ3v) is 6.45. The number of nitrogens with zero attached hydrogens (tertiary/aromatic N) is 3. The van der Waals surface area contributed by atoms with Gasteiger partial charge in [0.15, 0.2) is 0 Å². The van der Waals surface area contributed by atoms with Crippen LogP contribution in [0.4, 0.5) is 16.2 Å². The number of carbonyl (C=O) groups excluding carboxylic acids is 3. The second kappa shape index (κ2) is 9.95. The first-order valence-electron chi connectivity index (χ1n) is 12.0. The van der Waals surface area contributed by atoms with Crippen LogP contribution in [-0.4, -0.2) is 39.8 Å². The molecule has 1 aromatic carbocycles. The molecule has 2 aromatic rings. The number of rotatable bonds is 8. The highest BCUT2D eigenvalue weighted by Crippen LogP contribution is 2.37. The summed E-state index contributed by atoms with van der Waals surface area (Å²) >= 11 is 0. The first kappa shape index (κ1) is 25.4. The van der Waals surface area contributed by atoms with Crippen molar-refractivity contribution in [1.82, 2.24) is 9.88 Å². The normalized spacial score (nSPS) is 18.4. The van der Waals surface area contributed by atoms with Crippen LogP contribution in [0.2, 0.25) is 0 Å². The number of amides is 4. The Kier molecular flexibility index (Phi) is 7.44. The number of aromatic nitrogens is 1. The lowest BCUT2D eigenvalue weighted by atomic mass is 9.92. The van der Waals surface area contributed by atoms with E-state index >= 15 is 0 Å². The van der Waals surface area contributed by atoms with Gasteiger partial charge in [-0.3, -0.25) is 24.4 Å². The van der Waals surface area contributed by atoms with Crippen LogP contribution in [0.25, 0.3) is 0 Å². The Morgan fingerprint density at radius 3 is 2.18 bits per heavy atom. The lowest BCUT2D eigenvalue weighted by Crippen LogP contribution is -2.47. The first-order valence-corrected chi connectivity index (χ1v) is 12.0. The zero-order valence-corrected chi connectivity index (χ0v) is 21.3. The fourth-order valence-corrected chi connectivity index (χ4v) is 4.66. The molecular formula is C27H36N4O3. The molecule has 1 unspecified atom stereocenters. The van der Waals surface area contributed by atoms with E-state index in [0.717, 1.165) is 27.4 Å². The molecule has 1 atom stereocenters. The Labute approximate surface area is 202 Å². The molecule has 0 bridgehead atoms. The average molecular weight is 465 g/mol. The third kappa shape index (κ3) is 4.69. The average Bonchev–Trinajstić information content (AvgIpc) is 2.95. The zero-order valence-electron chi connectivity index (χ0n) is 21.3. The van der Waals surface area contributed by atoms with Gasteiger partial charge in [-0.25, -0.2) is 4.79 Å². The molecule has 0 spiro atoms. The van der Waals surface area contributed by atoms with Gasteiger partial charge >= 0.3 is 6.03 Å². The highest BCUT2D eigenvalue weighted by molar-refractivity contribution is 6.18. The molecule has 1 N–H and O–H groups in total. The van der Waals surface area contributed by atoms with E-state index in [0.29, 0.717) is 18.5 Å². The standard InChI is InChI=1S/C27H36N4O3/c1-8-14-27(7)25(33)30(26(34)31(27)20-13-12-19(6)28-15-20)16-23(32)29-24-21(17(2)3)10-9-11-22(24)18(4)5/h9-13,15,17-18H,8,14,16H2,1-7H3,(H,29,32). The molecule has 0 radical (unpaired) electrons. The topological polar surface area (TPSA) is 82.6 Å². The van der Waals surface area contributed by atoms with Gasteiger partial charge in [-0.15, -0.1) is 0 Å². The maximum atomic E-state index is 13.5. The van der Waals surface area contributed by atoms with Crippen LogP contribution in [0.1, 0.15) is 83.0 Å². The van der Waals surface area contributed by atoms with E-state index in [1.807, 2.05) is 38.1 Å². The molecule has 1 fully saturated rings. The second-order valence-electron chi connectivity index (χ2n) is 9.86. The molecule has 3 rings (SSSR count). The third-order valence-electron chi connectivity index (χ3n) is 6.45. The summed E-state index contributed by atoms with van der Waals surface area (Å²) in [6.45, 7) is 13.6. The van der Waals surface area contributed by atoms with Crippen molar-refractivity contribution in [2.24, 2.45) is 0 Å². The van der Waals surface area contributed by atoms with Crippen LogP contribution < -0.4 is 10.2 Å². The van der Waals surface area contributed by atoms with Crippen molar-refractivity contribution in [3.05, 3.63) is 53.3 Å². The van der Waals surface area contributed by atoms with Gasteiger partial charge in [0, 0.05) is 11.4 Å². The number of anilines is 2. The number of hydrogen-bond acceptors (Lipinski definition) is 4. The molecule has 1 aromatic heterocycles. The van der Waals surface area contributed by atoms with E-state index in [1.54, 1.807) is 19.2 Å². The molecule has 1 aliphatic heterocycles. The molecule has 4 amide bonds. The number of carbonyl (C=O) groups is 3. The predicted molar refractivity (Wildman–Crippen MR) is 135 cm³/mol. The van der Waals surface area contributed by atoms with Crippen LogP contribution in [0.5, 0.6) is 0 Å². The SMILES string of the molecule is CCCC1(C)C(=O)N(CC(=O)Nc2c(C(C)C)cccc2C(C)C)C(=O)N1c1ccc(C)nc1. The molecule has 1 aliphatic rings. The molecule has 1 saturated heterocycles. The van der Waals surface area contributed by atoms with Gasteiger partial charge in [0.1, 0.15) is 12.1 Å². The van der Waals surface area contributed by atoms with Gasteiger partial charge in [0.25, 0.3) is 5.91 Å². The maximum Gasteiger partial charge on any atom is 0.332 e. The minimum Gasteiger partial charge on any atom is -0.324 e. The summed E-state index contributed by atoms with van der Waals surface area (Å²) in [7, 11) is 0. The zero-order chi connectivity index (χ0) is 25.2. The summed E-state index contributed by atoms with van der Waals surface area (Å²) in [5.41, 5.74) is 3.13. The van der Waals surface area contributed by atoms with Gasteiger partial charge in [-0.05, 0) is 55.4 Å². The smallest absolute Gasteiger partial charge is 0.324 e. The Morgan fingerprint density at radius 1 is 1.06 bits per heavy atom. The highest BCUT2D eigenvalue weighted by Gasteiger charge is 2.54. The van der Waals surface area contributed by atoms with Gasteiger partial charge in [0.05, 0.1) is 11.9 Å². The van der Waals surface area contributed by atoms with E-state index in [2.05, 4.69) is 38.0 Å². The monoisotopic (exact) mass is 464 g/mol. The Morgan fingerprint density at radius 2 is 1.68 bits per heavy atom. The number of nitrogens with one attached hydrogen (secondary N) is 1. The van der Waals surface area contributed by atoms with Crippen molar-refractivity contribution >= 4 is 29.2 Å². The maximum absolute atomic E-state index is 13.5. The predicted octanol–water partition coefficient (Wildman–Crippen LogP) is 5.60. The van der Waals surface area contributed by atoms with E-state index in [4.69, 9.17) is 0 Å². The summed E-state index contributed by atoms with van der Waals surface area (Å²) in [6, 6.07) is 9.11. The van der Waals surface area contributed by atoms with Crippen molar-refractivity contribution in [1.29, 1.82) is 0 Å². The van der Waals surface area contributed by atoms with E-state index < -0.39 is 11.6 Å². The van der Waals surface area contributed by atoms with Gasteiger partial charge in [0.2, 0.25) is 5.91 Å². The van der Waals surface area contributed by atoms with Crippen LogP contribution in [0.15, 0.2) is 36.5 Å². The molecular weight excluding hydrogens is 428 g/mol. The number of imide groups is 1. The van der Waals surface area contributed by atoms with Crippen molar-refractivity contribution in [2.45, 2.75) is 78.7 Å². The number of benzene rings is 1. The Hall–Kier alpha value is -3.22. The molecule has 7 nitrogen and oxygen atoms in total. The number of hydrogen-bond donors (Lipinski definition) is 1. The summed E-state index contributed by atoms with van der Waals surface area (Å²) in [5.74, 6) is -0.335. The van der Waals surface area contributed by atoms with E-state index in [9.17, 15) is 14.4 Å². The Bertz CT molecular complexity index is 1050. The molecule has 182 valence electrons. The Balaban J connectivity index is 1.91. The van der Waals surface area contributed by atoms with Gasteiger partial charge < -0.3 is 5.32 Å². The van der Waals surface area contributed by atoms with Crippen LogP contribution in [-0.2, 0) is 9.59 Å². The first-order chi connectivity index (χ1) is 16.0. The lowest BCUT2D eigenvalue weighted by molar-refractivity contribution is -0.133. The minimum atomic E-state index is -1.07. The molecule has 7 heteroatoms. The summed E-state index contributed by atoms with van der Waals surface area (Å²) in [4.78, 5) is 47.0. The van der Waals surface area contributed by atoms with Gasteiger partial charge in [-0.2, -0.15) is 0 Å². The molecule has 2 heterocycles.